The van der Waals surface area contributed by atoms with Crippen molar-refractivity contribution in [3.8, 4) is 0 Å². The summed E-state index contributed by atoms with van der Waals surface area (Å²) in [6.45, 7) is 7.13. The van der Waals surface area contributed by atoms with Gasteiger partial charge in [0.1, 0.15) is 0 Å². The second kappa shape index (κ2) is 9.32. The Kier molecular flexibility index (Phi) is 9.47. The van der Waals surface area contributed by atoms with Crippen LogP contribution >= 0.6 is 12.6 Å². The summed E-state index contributed by atoms with van der Waals surface area (Å²) < 4.78 is 0. The van der Waals surface area contributed by atoms with Gasteiger partial charge in [-0.2, -0.15) is 12.6 Å². The molecule has 3 heteroatoms. The van der Waals surface area contributed by atoms with Gasteiger partial charge in [0.2, 0.25) is 0 Å². The summed E-state index contributed by atoms with van der Waals surface area (Å²) in [7, 11) is 2.20. The second-order valence-electron chi connectivity index (χ2n) is 4.89. The standard InChI is InChI=1S/C13H29NOS/c1-4-13(5-2,12-16)11-14(3)9-7-6-8-10-15/h15-16H,4-12H2,1-3H3. The van der Waals surface area contributed by atoms with Crippen molar-refractivity contribution in [1.82, 2.24) is 4.90 Å². The van der Waals surface area contributed by atoms with Crippen LogP contribution < -0.4 is 0 Å². The van der Waals surface area contributed by atoms with E-state index in [1.165, 1.54) is 19.3 Å². The van der Waals surface area contributed by atoms with Crippen molar-refractivity contribution >= 4 is 12.6 Å². The number of aliphatic hydroxyl groups excluding tert-OH is 1. The van der Waals surface area contributed by atoms with Crippen LogP contribution in [0.4, 0.5) is 0 Å². The molecule has 0 saturated heterocycles. The Labute approximate surface area is 107 Å². The Morgan fingerprint density at radius 3 is 2.19 bits per heavy atom. The molecule has 16 heavy (non-hydrogen) atoms. The first-order valence-corrected chi connectivity index (χ1v) is 7.17. The highest BCUT2D eigenvalue weighted by atomic mass is 32.1. The van der Waals surface area contributed by atoms with Crippen molar-refractivity contribution in [3.63, 3.8) is 0 Å². The van der Waals surface area contributed by atoms with Crippen LogP contribution in [0.5, 0.6) is 0 Å². The van der Waals surface area contributed by atoms with Gasteiger partial charge in [-0.05, 0) is 56.9 Å². The molecular formula is C13H29NOS. The molecule has 0 spiro atoms. The summed E-state index contributed by atoms with van der Waals surface area (Å²) in [5.74, 6) is 0.973. The molecule has 0 rings (SSSR count). The van der Waals surface area contributed by atoms with Gasteiger partial charge >= 0.3 is 0 Å². The van der Waals surface area contributed by atoms with Crippen LogP contribution in [0.1, 0.15) is 46.0 Å². The average Bonchev–Trinajstić information content (AvgIpc) is 2.32. The van der Waals surface area contributed by atoms with Crippen molar-refractivity contribution in [2.75, 3.05) is 32.5 Å². The second-order valence-corrected chi connectivity index (χ2v) is 5.20. The van der Waals surface area contributed by atoms with Gasteiger partial charge in [-0.3, -0.25) is 0 Å². The van der Waals surface area contributed by atoms with E-state index >= 15 is 0 Å². The van der Waals surface area contributed by atoms with Crippen LogP contribution in [0.3, 0.4) is 0 Å². The molecule has 0 bridgehead atoms. The quantitative estimate of drug-likeness (QED) is 0.458. The average molecular weight is 247 g/mol. The van der Waals surface area contributed by atoms with E-state index in [4.69, 9.17) is 5.11 Å². The van der Waals surface area contributed by atoms with E-state index in [2.05, 4.69) is 38.4 Å². The van der Waals surface area contributed by atoms with Gasteiger partial charge in [0, 0.05) is 13.2 Å². The monoisotopic (exact) mass is 247 g/mol. The van der Waals surface area contributed by atoms with Gasteiger partial charge in [0.25, 0.3) is 0 Å². The van der Waals surface area contributed by atoms with Crippen molar-refractivity contribution < 1.29 is 5.11 Å². The molecule has 0 aliphatic rings. The highest BCUT2D eigenvalue weighted by Gasteiger charge is 2.25. The van der Waals surface area contributed by atoms with Crippen molar-refractivity contribution in [2.24, 2.45) is 5.41 Å². The summed E-state index contributed by atoms with van der Waals surface area (Å²) in [5, 5.41) is 8.71. The maximum Gasteiger partial charge on any atom is 0.0431 e. The molecule has 0 aliphatic heterocycles. The molecule has 0 radical (unpaired) electrons. The van der Waals surface area contributed by atoms with Crippen molar-refractivity contribution in [2.45, 2.75) is 46.0 Å². The lowest BCUT2D eigenvalue weighted by Gasteiger charge is -2.34. The number of hydrogen-bond donors (Lipinski definition) is 2. The normalized spacial score (nSPS) is 12.4. The summed E-state index contributed by atoms with van der Waals surface area (Å²) >= 11 is 4.50. The van der Waals surface area contributed by atoms with E-state index in [9.17, 15) is 0 Å². The van der Waals surface area contributed by atoms with Gasteiger partial charge < -0.3 is 10.0 Å². The summed E-state index contributed by atoms with van der Waals surface area (Å²) in [5.41, 5.74) is 0.384. The number of nitrogens with zero attached hydrogens (tertiary/aromatic N) is 1. The van der Waals surface area contributed by atoms with Crippen molar-refractivity contribution in [1.29, 1.82) is 0 Å². The van der Waals surface area contributed by atoms with E-state index in [1.807, 2.05) is 0 Å². The maximum absolute atomic E-state index is 8.71. The minimum atomic E-state index is 0.328. The molecule has 0 atom stereocenters. The van der Waals surface area contributed by atoms with Crippen LogP contribution in [0.2, 0.25) is 0 Å². The third kappa shape index (κ3) is 6.12. The zero-order valence-electron chi connectivity index (χ0n) is 11.2. The molecule has 98 valence electrons. The Morgan fingerprint density at radius 2 is 1.75 bits per heavy atom. The minimum absolute atomic E-state index is 0.328. The first-order valence-electron chi connectivity index (χ1n) is 6.54. The molecule has 0 saturated carbocycles. The molecular weight excluding hydrogens is 218 g/mol. The Hall–Kier alpha value is 0.270. The molecule has 1 N–H and O–H groups in total. The molecule has 0 aliphatic carbocycles. The highest BCUT2D eigenvalue weighted by Crippen LogP contribution is 2.28. The number of thiol groups is 1. The molecule has 0 aromatic heterocycles. The Balaban J connectivity index is 3.86. The molecule has 0 aromatic carbocycles. The number of aliphatic hydroxyl groups is 1. The van der Waals surface area contributed by atoms with Gasteiger partial charge in [-0.15, -0.1) is 0 Å². The fourth-order valence-corrected chi connectivity index (χ4v) is 2.62. The van der Waals surface area contributed by atoms with Gasteiger partial charge in [0.05, 0.1) is 0 Å². The first-order chi connectivity index (χ1) is 7.64. The predicted molar refractivity (Wildman–Crippen MR) is 75.3 cm³/mol. The molecule has 0 fully saturated rings. The number of rotatable bonds is 10. The van der Waals surface area contributed by atoms with E-state index in [0.717, 1.165) is 31.7 Å². The van der Waals surface area contributed by atoms with Crippen LogP contribution in [-0.2, 0) is 0 Å². The van der Waals surface area contributed by atoms with Crippen molar-refractivity contribution in [3.05, 3.63) is 0 Å². The minimum Gasteiger partial charge on any atom is -0.396 e. The SMILES string of the molecule is CCC(CC)(CS)CN(C)CCCCCO. The molecule has 0 heterocycles. The molecule has 0 unspecified atom stereocenters. The number of unbranched alkanes of at least 4 members (excludes halogenated alkanes) is 2. The summed E-state index contributed by atoms with van der Waals surface area (Å²) in [6, 6.07) is 0. The fourth-order valence-electron chi connectivity index (χ4n) is 2.07. The fraction of sp³-hybridized carbons (Fsp3) is 1.00. The van der Waals surface area contributed by atoms with Gasteiger partial charge in [-0.1, -0.05) is 13.8 Å². The first kappa shape index (κ1) is 16.3. The van der Waals surface area contributed by atoms with Gasteiger partial charge in [-0.25, -0.2) is 0 Å². The smallest absolute Gasteiger partial charge is 0.0431 e. The highest BCUT2D eigenvalue weighted by molar-refractivity contribution is 7.80. The zero-order chi connectivity index (χ0) is 12.4. The predicted octanol–water partition coefficient (Wildman–Crippen LogP) is 2.82. The topological polar surface area (TPSA) is 23.5 Å². The van der Waals surface area contributed by atoms with Crippen LogP contribution in [0.25, 0.3) is 0 Å². The van der Waals surface area contributed by atoms with E-state index in [0.29, 0.717) is 12.0 Å². The van der Waals surface area contributed by atoms with Crippen LogP contribution in [-0.4, -0.2) is 42.5 Å². The Morgan fingerprint density at radius 1 is 1.12 bits per heavy atom. The third-order valence-electron chi connectivity index (χ3n) is 3.64. The summed E-state index contributed by atoms with van der Waals surface area (Å²) in [6.07, 6.45) is 5.66. The molecule has 0 amide bonds. The molecule has 2 nitrogen and oxygen atoms in total. The van der Waals surface area contributed by atoms with Gasteiger partial charge in [0.15, 0.2) is 0 Å². The lowest BCUT2D eigenvalue weighted by Crippen LogP contribution is -2.36. The lowest BCUT2D eigenvalue weighted by molar-refractivity contribution is 0.180. The zero-order valence-corrected chi connectivity index (χ0v) is 12.1. The van der Waals surface area contributed by atoms with E-state index in [1.54, 1.807) is 0 Å². The van der Waals surface area contributed by atoms with E-state index < -0.39 is 0 Å². The Bertz CT molecular complexity index is 152. The lowest BCUT2D eigenvalue weighted by atomic mass is 9.84. The van der Waals surface area contributed by atoms with Crippen LogP contribution in [0.15, 0.2) is 0 Å². The van der Waals surface area contributed by atoms with Crippen LogP contribution in [0, 0.1) is 5.41 Å². The maximum atomic E-state index is 8.71. The summed E-state index contributed by atoms with van der Waals surface area (Å²) in [4.78, 5) is 2.42. The number of hydrogen-bond acceptors (Lipinski definition) is 3. The van der Waals surface area contributed by atoms with E-state index in [-0.39, 0.29) is 0 Å². The largest absolute Gasteiger partial charge is 0.396 e. The third-order valence-corrected chi connectivity index (χ3v) is 4.31. The molecule has 0 aromatic rings.